The van der Waals surface area contributed by atoms with Crippen LogP contribution in [0.3, 0.4) is 0 Å². The quantitative estimate of drug-likeness (QED) is 0.795. The number of aromatic nitrogens is 3. The molecule has 8 heteroatoms. The first-order valence-corrected chi connectivity index (χ1v) is 9.14. The van der Waals surface area contributed by atoms with Gasteiger partial charge in [0.15, 0.2) is 15.5 Å². The van der Waals surface area contributed by atoms with Crippen LogP contribution in [0, 0.1) is 5.92 Å². The topological polar surface area (TPSA) is 93.4 Å². The van der Waals surface area contributed by atoms with Gasteiger partial charge in [0.2, 0.25) is 5.91 Å². The van der Waals surface area contributed by atoms with Crippen LogP contribution in [0.25, 0.3) is 5.65 Å². The Morgan fingerprint density at radius 1 is 1.36 bits per heavy atom. The second-order valence-electron chi connectivity index (χ2n) is 5.54. The van der Waals surface area contributed by atoms with Crippen molar-refractivity contribution in [1.82, 2.24) is 19.9 Å². The van der Waals surface area contributed by atoms with Gasteiger partial charge in [-0.1, -0.05) is 6.07 Å². The fourth-order valence-electron chi connectivity index (χ4n) is 2.67. The zero-order valence-electron chi connectivity index (χ0n) is 12.1. The maximum Gasteiger partial charge on any atom is 0.224 e. The van der Waals surface area contributed by atoms with Crippen molar-refractivity contribution in [2.45, 2.75) is 19.3 Å². The van der Waals surface area contributed by atoms with E-state index in [9.17, 15) is 13.2 Å². The maximum absolute atomic E-state index is 11.9. The monoisotopic (exact) mass is 322 g/mol. The van der Waals surface area contributed by atoms with Crippen molar-refractivity contribution in [3.05, 3.63) is 30.2 Å². The molecule has 1 saturated heterocycles. The molecule has 0 aliphatic carbocycles. The SMILES string of the molecule is O=C(NCCCc1nnc2ccccn12)[C@@H]1CCS(=O)(=O)C1. The van der Waals surface area contributed by atoms with Crippen LogP contribution in [0.5, 0.6) is 0 Å². The van der Waals surface area contributed by atoms with Crippen LogP contribution < -0.4 is 5.32 Å². The summed E-state index contributed by atoms with van der Waals surface area (Å²) in [6, 6.07) is 5.71. The van der Waals surface area contributed by atoms with Gasteiger partial charge in [0.05, 0.1) is 17.4 Å². The van der Waals surface area contributed by atoms with E-state index in [4.69, 9.17) is 0 Å². The lowest BCUT2D eigenvalue weighted by Gasteiger charge is -2.08. The molecule has 0 bridgehead atoms. The average molecular weight is 322 g/mol. The number of fused-ring (bicyclic) bond motifs is 1. The molecule has 1 aliphatic heterocycles. The van der Waals surface area contributed by atoms with Crippen LogP contribution >= 0.6 is 0 Å². The van der Waals surface area contributed by atoms with Gasteiger partial charge in [-0.25, -0.2) is 8.42 Å². The van der Waals surface area contributed by atoms with Crippen LogP contribution in [0.2, 0.25) is 0 Å². The van der Waals surface area contributed by atoms with Gasteiger partial charge in [-0.2, -0.15) is 0 Å². The van der Waals surface area contributed by atoms with E-state index in [1.54, 1.807) is 0 Å². The Kier molecular flexibility index (Phi) is 4.10. The highest BCUT2D eigenvalue weighted by Gasteiger charge is 2.32. The van der Waals surface area contributed by atoms with Gasteiger partial charge in [0.25, 0.3) is 0 Å². The van der Waals surface area contributed by atoms with Crippen LogP contribution in [-0.4, -0.2) is 47.0 Å². The van der Waals surface area contributed by atoms with Crippen molar-refractivity contribution in [1.29, 1.82) is 0 Å². The molecule has 118 valence electrons. The molecule has 0 unspecified atom stereocenters. The molecule has 0 spiro atoms. The minimum Gasteiger partial charge on any atom is -0.356 e. The summed E-state index contributed by atoms with van der Waals surface area (Å²) >= 11 is 0. The van der Waals surface area contributed by atoms with Gasteiger partial charge in [-0.3, -0.25) is 9.20 Å². The van der Waals surface area contributed by atoms with E-state index < -0.39 is 9.84 Å². The van der Waals surface area contributed by atoms with Crippen molar-refractivity contribution in [2.24, 2.45) is 5.92 Å². The number of nitrogens with zero attached hydrogens (tertiary/aromatic N) is 3. The van der Waals surface area contributed by atoms with Crippen LogP contribution in [-0.2, 0) is 21.1 Å². The lowest BCUT2D eigenvalue weighted by molar-refractivity contribution is -0.124. The van der Waals surface area contributed by atoms with E-state index >= 15 is 0 Å². The molecule has 0 aromatic carbocycles. The molecular weight excluding hydrogens is 304 g/mol. The summed E-state index contributed by atoms with van der Waals surface area (Å²) in [6.45, 7) is 0.511. The number of amides is 1. The van der Waals surface area contributed by atoms with E-state index in [1.807, 2.05) is 28.8 Å². The summed E-state index contributed by atoms with van der Waals surface area (Å²) in [5.74, 6) is 0.407. The fourth-order valence-corrected chi connectivity index (χ4v) is 4.41. The molecule has 7 nitrogen and oxygen atoms in total. The summed E-state index contributed by atoms with van der Waals surface area (Å²) < 4.78 is 24.6. The first kappa shape index (κ1) is 15.0. The number of rotatable bonds is 5. The number of nitrogens with one attached hydrogen (secondary N) is 1. The molecular formula is C14H18N4O3S. The fraction of sp³-hybridized carbons (Fsp3) is 0.500. The Labute approximate surface area is 128 Å². The van der Waals surface area contributed by atoms with Crippen LogP contribution in [0.1, 0.15) is 18.7 Å². The van der Waals surface area contributed by atoms with Crippen molar-refractivity contribution in [2.75, 3.05) is 18.1 Å². The van der Waals surface area contributed by atoms with E-state index in [0.29, 0.717) is 19.4 Å². The van der Waals surface area contributed by atoms with Crippen LogP contribution in [0.15, 0.2) is 24.4 Å². The molecule has 1 fully saturated rings. The second-order valence-corrected chi connectivity index (χ2v) is 7.77. The molecule has 3 rings (SSSR count). The van der Waals surface area contributed by atoms with Crippen molar-refractivity contribution in [3.8, 4) is 0 Å². The molecule has 3 heterocycles. The normalized spacial score (nSPS) is 20.3. The molecule has 1 aliphatic rings. The number of pyridine rings is 1. The summed E-state index contributed by atoms with van der Waals surface area (Å²) in [5, 5.41) is 11.0. The number of sulfone groups is 1. The van der Waals surface area contributed by atoms with Gasteiger partial charge in [-0.15, -0.1) is 10.2 Å². The van der Waals surface area contributed by atoms with E-state index in [0.717, 1.165) is 17.9 Å². The second kappa shape index (κ2) is 6.04. The van der Waals surface area contributed by atoms with Gasteiger partial charge < -0.3 is 5.32 Å². The third kappa shape index (κ3) is 3.27. The largest absolute Gasteiger partial charge is 0.356 e. The van der Waals surface area contributed by atoms with Gasteiger partial charge in [-0.05, 0) is 25.0 Å². The summed E-state index contributed by atoms with van der Waals surface area (Å²) in [4.78, 5) is 11.9. The third-order valence-electron chi connectivity index (χ3n) is 3.86. The van der Waals surface area contributed by atoms with E-state index in [2.05, 4.69) is 15.5 Å². The molecule has 2 aromatic rings. The third-order valence-corrected chi connectivity index (χ3v) is 5.63. The van der Waals surface area contributed by atoms with E-state index in [1.165, 1.54) is 0 Å². The lowest BCUT2D eigenvalue weighted by atomic mass is 10.1. The smallest absolute Gasteiger partial charge is 0.224 e. The highest BCUT2D eigenvalue weighted by Crippen LogP contribution is 2.18. The number of carbonyl (C=O) groups excluding carboxylic acids is 1. The number of carbonyl (C=O) groups is 1. The Hall–Kier alpha value is -1.96. The maximum atomic E-state index is 11.9. The molecule has 1 amide bonds. The number of aryl methyl sites for hydroxylation is 1. The Morgan fingerprint density at radius 3 is 3.00 bits per heavy atom. The summed E-state index contributed by atoms with van der Waals surface area (Å²) in [5.41, 5.74) is 0.803. The molecule has 2 aromatic heterocycles. The van der Waals surface area contributed by atoms with Crippen molar-refractivity contribution < 1.29 is 13.2 Å². The Balaban J connectivity index is 1.47. The van der Waals surface area contributed by atoms with Crippen molar-refractivity contribution >= 4 is 21.4 Å². The van der Waals surface area contributed by atoms with Gasteiger partial charge in [0.1, 0.15) is 5.82 Å². The summed E-state index contributed by atoms with van der Waals surface area (Å²) in [6.07, 6.45) is 3.78. The summed E-state index contributed by atoms with van der Waals surface area (Å²) in [7, 11) is -3.01. The predicted molar refractivity (Wildman–Crippen MR) is 81.1 cm³/mol. The molecule has 1 N–H and O–H groups in total. The van der Waals surface area contributed by atoms with Crippen LogP contribution in [0.4, 0.5) is 0 Å². The van der Waals surface area contributed by atoms with Gasteiger partial charge in [0, 0.05) is 19.2 Å². The zero-order chi connectivity index (χ0) is 15.6. The average Bonchev–Trinajstić information content (AvgIpc) is 3.07. The standard InChI is InChI=1S/C14H18N4O3S/c19-14(11-6-9-22(20,21)10-11)15-7-3-5-13-17-16-12-4-1-2-8-18(12)13/h1-2,4,8,11H,3,5-7,9-10H2,(H,15,19)/t11-/m1/s1. The zero-order valence-corrected chi connectivity index (χ0v) is 12.9. The molecule has 0 radical (unpaired) electrons. The van der Waals surface area contributed by atoms with E-state index in [-0.39, 0.29) is 23.3 Å². The first-order chi connectivity index (χ1) is 10.6. The molecule has 1 atom stereocenters. The first-order valence-electron chi connectivity index (χ1n) is 7.32. The minimum absolute atomic E-state index is 0.0202. The minimum atomic E-state index is -3.01. The molecule has 22 heavy (non-hydrogen) atoms. The lowest BCUT2D eigenvalue weighted by Crippen LogP contribution is -2.32. The van der Waals surface area contributed by atoms with Gasteiger partial charge >= 0.3 is 0 Å². The van der Waals surface area contributed by atoms with Crippen molar-refractivity contribution in [3.63, 3.8) is 0 Å². The highest BCUT2D eigenvalue weighted by molar-refractivity contribution is 7.91. The predicted octanol–water partition coefficient (Wildman–Crippen LogP) is 0.213. The Bertz CT molecular complexity index is 784. The number of hydrogen-bond donors (Lipinski definition) is 1. The highest BCUT2D eigenvalue weighted by atomic mass is 32.2. The Morgan fingerprint density at radius 2 is 2.23 bits per heavy atom. The molecule has 0 saturated carbocycles. The number of hydrogen-bond acceptors (Lipinski definition) is 5.